The average Bonchev–Trinajstić information content (AvgIpc) is 2.72. The van der Waals surface area contributed by atoms with Crippen molar-refractivity contribution >= 4 is 0 Å². The van der Waals surface area contributed by atoms with Crippen molar-refractivity contribution in [3.63, 3.8) is 0 Å². The minimum absolute atomic E-state index is 0.0367. The molecule has 5 nitrogen and oxygen atoms in total. The second kappa shape index (κ2) is 5.01. The molecule has 0 radical (unpaired) electrons. The number of halogens is 1. The molecule has 0 saturated heterocycles. The second-order valence-corrected chi connectivity index (χ2v) is 3.77. The Balaban J connectivity index is 1.95. The molecule has 2 heterocycles. The van der Waals surface area contributed by atoms with Crippen LogP contribution in [0.2, 0.25) is 0 Å². The minimum Gasteiger partial charge on any atom is -0.338 e. The normalized spacial score (nSPS) is 12.6. The van der Waals surface area contributed by atoms with Crippen LogP contribution >= 0.6 is 0 Å². The van der Waals surface area contributed by atoms with E-state index in [0.29, 0.717) is 18.3 Å². The smallest absolute Gasteiger partial charge is 0.240 e. The fourth-order valence-corrected chi connectivity index (χ4v) is 1.44. The molecule has 0 fully saturated rings. The van der Waals surface area contributed by atoms with Gasteiger partial charge >= 0.3 is 0 Å². The molecule has 2 rings (SSSR count). The molecule has 1 N–H and O–H groups in total. The maximum absolute atomic E-state index is 13.0. The van der Waals surface area contributed by atoms with Crippen LogP contribution in [0.3, 0.4) is 0 Å². The van der Waals surface area contributed by atoms with Crippen molar-refractivity contribution in [2.24, 2.45) is 0 Å². The lowest BCUT2D eigenvalue weighted by Crippen LogP contribution is -2.18. The second-order valence-electron chi connectivity index (χ2n) is 3.77. The van der Waals surface area contributed by atoms with Crippen molar-refractivity contribution in [2.45, 2.75) is 26.4 Å². The summed E-state index contributed by atoms with van der Waals surface area (Å²) >= 11 is 0. The van der Waals surface area contributed by atoms with Gasteiger partial charge < -0.3 is 9.84 Å². The molecule has 2 aromatic heterocycles. The van der Waals surface area contributed by atoms with Gasteiger partial charge in [0.2, 0.25) is 5.89 Å². The van der Waals surface area contributed by atoms with Gasteiger partial charge in [-0.15, -0.1) is 0 Å². The molecule has 0 amide bonds. The zero-order valence-corrected chi connectivity index (χ0v) is 9.64. The first-order valence-electron chi connectivity index (χ1n) is 5.28. The summed E-state index contributed by atoms with van der Waals surface area (Å²) in [7, 11) is 0. The quantitative estimate of drug-likeness (QED) is 0.876. The van der Waals surface area contributed by atoms with E-state index >= 15 is 0 Å². The van der Waals surface area contributed by atoms with E-state index in [1.54, 1.807) is 13.1 Å². The zero-order valence-electron chi connectivity index (χ0n) is 9.64. The number of hydrogen-bond donors (Lipinski definition) is 1. The Hall–Kier alpha value is -1.82. The van der Waals surface area contributed by atoms with E-state index in [4.69, 9.17) is 4.52 Å². The first kappa shape index (κ1) is 11.7. The number of hydrogen-bond acceptors (Lipinski definition) is 5. The van der Waals surface area contributed by atoms with Gasteiger partial charge in [-0.25, -0.2) is 4.39 Å². The molecular weight excluding hydrogens is 223 g/mol. The first-order chi connectivity index (χ1) is 8.15. The van der Waals surface area contributed by atoms with Crippen LogP contribution in [0.1, 0.15) is 30.2 Å². The highest BCUT2D eigenvalue weighted by atomic mass is 19.1. The summed E-state index contributed by atoms with van der Waals surface area (Å²) in [6, 6.07) is 1.41. The summed E-state index contributed by atoms with van der Waals surface area (Å²) in [5.41, 5.74) is 0.779. The monoisotopic (exact) mass is 236 g/mol. The van der Waals surface area contributed by atoms with Crippen LogP contribution < -0.4 is 5.32 Å². The van der Waals surface area contributed by atoms with Crippen molar-refractivity contribution in [3.05, 3.63) is 41.6 Å². The van der Waals surface area contributed by atoms with Gasteiger partial charge in [-0.3, -0.25) is 4.98 Å². The summed E-state index contributed by atoms with van der Waals surface area (Å²) in [6.45, 7) is 4.12. The summed E-state index contributed by atoms with van der Waals surface area (Å²) in [4.78, 5) is 7.86. The van der Waals surface area contributed by atoms with E-state index in [1.807, 2.05) is 6.92 Å². The predicted molar refractivity (Wildman–Crippen MR) is 58.5 cm³/mol. The fraction of sp³-hybridized carbons (Fsp3) is 0.364. The Morgan fingerprint density at radius 3 is 2.94 bits per heavy atom. The Morgan fingerprint density at radius 1 is 1.47 bits per heavy atom. The predicted octanol–water partition coefficient (Wildman–Crippen LogP) is 1.76. The third-order valence-electron chi connectivity index (χ3n) is 2.36. The summed E-state index contributed by atoms with van der Waals surface area (Å²) in [5, 5.41) is 6.84. The van der Waals surface area contributed by atoms with E-state index in [1.165, 1.54) is 12.3 Å². The van der Waals surface area contributed by atoms with Crippen molar-refractivity contribution in [3.8, 4) is 0 Å². The van der Waals surface area contributed by atoms with Gasteiger partial charge in [-0.1, -0.05) is 5.16 Å². The van der Waals surface area contributed by atoms with Crippen LogP contribution in [0, 0.1) is 12.7 Å². The number of pyridine rings is 1. The van der Waals surface area contributed by atoms with Crippen LogP contribution in [0.5, 0.6) is 0 Å². The standard InChI is InChI=1S/C11H13FN4O/c1-7(9-3-10(12)5-13-4-9)14-6-11-15-8(2)16-17-11/h3-5,7,14H,6H2,1-2H3. The largest absolute Gasteiger partial charge is 0.338 e. The number of rotatable bonds is 4. The van der Waals surface area contributed by atoms with Gasteiger partial charge in [0.25, 0.3) is 0 Å². The average molecular weight is 236 g/mol. The third kappa shape index (κ3) is 3.07. The van der Waals surface area contributed by atoms with Crippen molar-refractivity contribution < 1.29 is 8.91 Å². The molecule has 0 aliphatic carbocycles. The molecule has 1 atom stereocenters. The van der Waals surface area contributed by atoms with E-state index < -0.39 is 0 Å². The molecule has 0 aliphatic rings. The van der Waals surface area contributed by atoms with Crippen LogP contribution in [-0.2, 0) is 6.54 Å². The van der Waals surface area contributed by atoms with Gasteiger partial charge in [-0.05, 0) is 25.5 Å². The van der Waals surface area contributed by atoms with Crippen molar-refractivity contribution in [2.75, 3.05) is 0 Å². The van der Waals surface area contributed by atoms with Gasteiger partial charge in [0.15, 0.2) is 5.82 Å². The van der Waals surface area contributed by atoms with E-state index in [0.717, 1.165) is 5.56 Å². The topological polar surface area (TPSA) is 63.8 Å². The SMILES string of the molecule is Cc1noc(CNC(C)c2cncc(F)c2)n1. The fourth-order valence-electron chi connectivity index (χ4n) is 1.44. The Labute approximate surface area is 98.1 Å². The number of aryl methyl sites for hydroxylation is 1. The minimum atomic E-state index is -0.343. The van der Waals surface area contributed by atoms with Gasteiger partial charge in [0.1, 0.15) is 5.82 Å². The molecule has 0 spiro atoms. The molecule has 0 saturated carbocycles. The molecule has 1 unspecified atom stereocenters. The summed E-state index contributed by atoms with van der Waals surface area (Å²) in [5.74, 6) is 0.769. The number of aromatic nitrogens is 3. The molecule has 6 heteroatoms. The summed E-state index contributed by atoms with van der Waals surface area (Å²) < 4.78 is 17.9. The highest BCUT2D eigenvalue weighted by Crippen LogP contribution is 2.12. The lowest BCUT2D eigenvalue weighted by Gasteiger charge is -2.11. The number of nitrogens with zero attached hydrogens (tertiary/aromatic N) is 3. The molecular formula is C11H13FN4O. The highest BCUT2D eigenvalue weighted by Gasteiger charge is 2.08. The number of nitrogens with one attached hydrogen (secondary N) is 1. The van der Waals surface area contributed by atoms with Gasteiger partial charge in [0.05, 0.1) is 12.7 Å². The summed E-state index contributed by atoms with van der Waals surface area (Å²) in [6.07, 6.45) is 2.80. The maximum atomic E-state index is 13.0. The third-order valence-corrected chi connectivity index (χ3v) is 2.36. The molecule has 0 bridgehead atoms. The lowest BCUT2D eigenvalue weighted by molar-refractivity contribution is 0.357. The molecule has 2 aromatic rings. The Morgan fingerprint density at radius 2 is 2.29 bits per heavy atom. The molecule has 90 valence electrons. The molecule has 0 aromatic carbocycles. The van der Waals surface area contributed by atoms with Crippen LogP contribution in [0.4, 0.5) is 4.39 Å². The Kier molecular flexibility index (Phi) is 3.43. The van der Waals surface area contributed by atoms with Gasteiger partial charge in [-0.2, -0.15) is 4.98 Å². The van der Waals surface area contributed by atoms with Crippen LogP contribution in [0.25, 0.3) is 0 Å². The molecule has 17 heavy (non-hydrogen) atoms. The molecule has 0 aliphatic heterocycles. The lowest BCUT2D eigenvalue weighted by atomic mass is 10.1. The first-order valence-corrected chi connectivity index (χ1v) is 5.28. The van der Waals surface area contributed by atoms with Crippen molar-refractivity contribution in [1.82, 2.24) is 20.4 Å². The van der Waals surface area contributed by atoms with E-state index in [2.05, 4.69) is 20.4 Å². The van der Waals surface area contributed by atoms with Crippen LogP contribution in [-0.4, -0.2) is 15.1 Å². The van der Waals surface area contributed by atoms with E-state index in [9.17, 15) is 4.39 Å². The zero-order chi connectivity index (χ0) is 12.3. The maximum Gasteiger partial charge on any atom is 0.240 e. The van der Waals surface area contributed by atoms with E-state index in [-0.39, 0.29) is 11.9 Å². The van der Waals surface area contributed by atoms with Crippen molar-refractivity contribution in [1.29, 1.82) is 0 Å². The van der Waals surface area contributed by atoms with Crippen LogP contribution in [0.15, 0.2) is 23.0 Å². The highest BCUT2D eigenvalue weighted by molar-refractivity contribution is 5.14. The Bertz CT molecular complexity index is 500. The van der Waals surface area contributed by atoms with Gasteiger partial charge in [0, 0.05) is 12.2 Å².